The van der Waals surface area contributed by atoms with Crippen molar-refractivity contribution in [1.29, 1.82) is 0 Å². The zero-order chi connectivity index (χ0) is 18.6. The van der Waals surface area contributed by atoms with Gasteiger partial charge in [-0.25, -0.2) is 0 Å². The molecule has 0 spiro atoms. The predicted octanol–water partition coefficient (Wildman–Crippen LogP) is 3.37. The fraction of sp³-hybridized carbons (Fsp3) is 0.381. The van der Waals surface area contributed by atoms with Crippen molar-refractivity contribution in [3.8, 4) is 0 Å². The number of carbonyl (C=O) groups excluding carboxylic acids is 1. The summed E-state index contributed by atoms with van der Waals surface area (Å²) in [4.78, 5) is 16.6. The summed E-state index contributed by atoms with van der Waals surface area (Å²) in [6.45, 7) is 2.97. The quantitative estimate of drug-likeness (QED) is 0.764. The molecule has 1 aliphatic carbocycles. The predicted molar refractivity (Wildman–Crippen MR) is 108 cm³/mol. The summed E-state index contributed by atoms with van der Waals surface area (Å²) in [5.74, 6) is 0.987. The van der Waals surface area contributed by atoms with E-state index in [4.69, 9.17) is 11.6 Å². The lowest BCUT2D eigenvalue weighted by molar-refractivity contribution is -0.126. The minimum Gasteiger partial charge on any atom is -0.352 e. The van der Waals surface area contributed by atoms with Crippen molar-refractivity contribution in [2.75, 3.05) is 31.1 Å². The van der Waals surface area contributed by atoms with Crippen LogP contribution >= 0.6 is 11.6 Å². The Labute approximate surface area is 164 Å². The van der Waals surface area contributed by atoms with E-state index in [1.54, 1.807) is 6.08 Å². The SMILES string of the molecule is O=C(/C=C/c1ccc(Cl)cc1)N1CCN(c2cc3c(nn2)CCCC3)CC1. The summed E-state index contributed by atoms with van der Waals surface area (Å²) in [5.41, 5.74) is 3.47. The zero-order valence-electron chi connectivity index (χ0n) is 15.3. The van der Waals surface area contributed by atoms with E-state index < -0.39 is 0 Å². The van der Waals surface area contributed by atoms with Crippen LogP contribution in [0.3, 0.4) is 0 Å². The van der Waals surface area contributed by atoms with Crippen molar-refractivity contribution < 1.29 is 4.79 Å². The summed E-state index contributed by atoms with van der Waals surface area (Å²) in [6.07, 6.45) is 8.07. The lowest BCUT2D eigenvalue weighted by Crippen LogP contribution is -2.48. The van der Waals surface area contributed by atoms with Crippen LogP contribution in [-0.4, -0.2) is 47.2 Å². The summed E-state index contributed by atoms with van der Waals surface area (Å²) >= 11 is 5.89. The molecule has 27 heavy (non-hydrogen) atoms. The summed E-state index contributed by atoms with van der Waals surface area (Å²) in [6, 6.07) is 9.64. The number of halogens is 1. The zero-order valence-corrected chi connectivity index (χ0v) is 16.0. The Bertz CT molecular complexity index is 842. The molecule has 140 valence electrons. The standard InChI is InChI=1S/C21H23ClN4O/c22-18-8-5-16(6-9-18)7-10-21(27)26-13-11-25(12-14-26)20-15-17-3-1-2-4-19(17)23-24-20/h5-10,15H,1-4,11-14H2/b10-7+. The number of rotatable bonds is 3. The Kier molecular flexibility index (Phi) is 5.39. The number of aryl methyl sites for hydroxylation is 2. The van der Waals surface area contributed by atoms with Crippen LogP contribution in [-0.2, 0) is 17.6 Å². The van der Waals surface area contributed by atoms with E-state index in [0.717, 1.165) is 43.0 Å². The monoisotopic (exact) mass is 382 g/mol. The van der Waals surface area contributed by atoms with E-state index in [1.165, 1.54) is 18.4 Å². The van der Waals surface area contributed by atoms with Crippen molar-refractivity contribution >= 4 is 29.4 Å². The number of fused-ring (bicyclic) bond motifs is 1. The van der Waals surface area contributed by atoms with E-state index >= 15 is 0 Å². The normalized spacial score (nSPS) is 17.2. The van der Waals surface area contributed by atoms with Gasteiger partial charge in [-0.1, -0.05) is 23.7 Å². The minimum absolute atomic E-state index is 0.0427. The number of piperazine rings is 1. The molecule has 4 rings (SSSR count). The van der Waals surface area contributed by atoms with Crippen LogP contribution in [0.15, 0.2) is 36.4 Å². The van der Waals surface area contributed by atoms with Crippen molar-refractivity contribution in [3.05, 3.63) is 58.3 Å². The second-order valence-electron chi connectivity index (χ2n) is 7.08. The summed E-state index contributed by atoms with van der Waals surface area (Å²) in [5, 5.41) is 9.54. The molecule has 0 saturated carbocycles. The average molecular weight is 383 g/mol. The molecule has 0 radical (unpaired) electrons. The first kappa shape index (κ1) is 18.0. The molecule has 1 fully saturated rings. The molecule has 2 aromatic rings. The van der Waals surface area contributed by atoms with Crippen LogP contribution in [0.1, 0.15) is 29.7 Å². The second kappa shape index (κ2) is 8.09. The first-order valence-electron chi connectivity index (χ1n) is 9.52. The van der Waals surface area contributed by atoms with E-state index in [0.29, 0.717) is 18.1 Å². The molecule has 0 N–H and O–H groups in total. The van der Waals surface area contributed by atoms with Gasteiger partial charge < -0.3 is 9.80 Å². The van der Waals surface area contributed by atoms with Crippen LogP contribution < -0.4 is 4.90 Å². The highest BCUT2D eigenvalue weighted by molar-refractivity contribution is 6.30. The highest BCUT2D eigenvalue weighted by Crippen LogP contribution is 2.23. The molecule has 0 unspecified atom stereocenters. The van der Waals surface area contributed by atoms with Crippen molar-refractivity contribution in [3.63, 3.8) is 0 Å². The van der Waals surface area contributed by atoms with Gasteiger partial charge in [0.15, 0.2) is 5.82 Å². The second-order valence-corrected chi connectivity index (χ2v) is 7.52. The molecule has 2 heterocycles. The molecule has 0 bridgehead atoms. The maximum atomic E-state index is 12.4. The number of aromatic nitrogens is 2. The molecule has 5 nitrogen and oxygen atoms in total. The van der Waals surface area contributed by atoms with Crippen molar-refractivity contribution in [1.82, 2.24) is 15.1 Å². The van der Waals surface area contributed by atoms with Crippen molar-refractivity contribution in [2.24, 2.45) is 0 Å². The molecular formula is C21H23ClN4O. The summed E-state index contributed by atoms with van der Waals surface area (Å²) < 4.78 is 0. The Hall–Kier alpha value is -2.40. The van der Waals surface area contributed by atoms with E-state index in [1.807, 2.05) is 35.2 Å². The van der Waals surface area contributed by atoms with Gasteiger partial charge in [0.1, 0.15) is 0 Å². The maximum absolute atomic E-state index is 12.4. The lowest BCUT2D eigenvalue weighted by atomic mass is 9.97. The molecule has 1 amide bonds. The number of amides is 1. The van der Waals surface area contributed by atoms with Gasteiger partial charge in [0.2, 0.25) is 5.91 Å². The fourth-order valence-corrected chi connectivity index (χ4v) is 3.76. The third-order valence-corrected chi connectivity index (χ3v) is 5.51. The average Bonchev–Trinajstić information content (AvgIpc) is 2.73. The van der Waals surface area contributed by atoms with Crippen LogP contribution in [0.4, 0.5) is 5.82 Å². The number of hydrogen-bond acceptors (Lipinski definition) is 4. The highest BCUT2D eigenvalue weighted by Gasteiger charge is 2.22. The highest BCUT2D eigenvalue weighted by atomic mass is 35.5. The molecule has 1 aliphatic heterocycles. The first-order valence-corrected chi connectivity index (χ1v) is 9.90. The summed E-state index contributed by atoms with van der Waals surface area (Å²) in [7, 11) is 0. The molecular weight excluding hydrogens is 360 g/mol. The smallest absolute Gasteiger partial charge is 0.246 e. The Morgan fingerprint density at radius 2 is 1.74 bits per heavy atom. The Morgan fingerprint density at radius 3 is 2.52 bits per heavy atom. The molecule has 1 saturated heterocycles. The third-order valence-electron chi connectivity index (χ3n) is 5.26. The van der Waals surface area contributed by atoms with E-state index in [2.05, 4.69) is 21.2 Å². The van der Waals surface area contributed by atoms with Crippen LogP contribution in [0, 0.1) is 0 Å². The molecule has 2 aliphatic rings. The number of hydrogen-bond donors (Lipinski definition) is 0. The van der Waals surface area contributed by atoms with Gasteiger partial charge in [0, 0.05) is 37.3 Å². The van der Waals surface area contributed by atoms with Crippen LogP contribution in [0.2, 0.25) is 5.02 Å². The van der Waals surface area contributed by atoms with E-state index in [9.17, 15) is 4.79 Å². The van der Waals surface area contributed by atoms with Crippen molar-refractivity contribution in [2.45, 2.75) is 25.7 Å². The molecule has 0 atom stereocenters. The number of benzene rings is 1. The van der Waals surface area contributed by atoms with Gasteiger partial charge in [-0.05, 0) is 61.1 Å². The van der Waals surface area contributed by atoms with E-state index in [-0.39, 0.29) is 5.91 Å². The number of carbonyl (C=O) groups is 1. The minimum atomic E-state index is 0.0427. The van der Waals surface area contributed by atoms with Gasteiger partial charge in [-0.2, -0.15) is 5.10 Å². The lowest BCUT2D eigenvalue weighted by Gasteiger charge is -2.35. The molecule has 1 aromatic heterocycles. The Balaban J connectivity index is 1.34. The largest absolute Gasteiger partial charge is 0.352 e. The van der Waals surface area contributed by atoms with Gasteiger partial charge in [-0.3, -0.25) is 4.79 Å². The maximum Gasteiger partial charge on any atom is 0.246 e. The number of anilines is 1. The third kappa shape index (κ3) is 4.30. The van der Waals surface area contributed by atoms with Gasteiger partial charge in [0.25, 0.3) is 0 Å². The molecule has 6 heteroatoms. The van der Waals surface area contributed by atoms with Gasteiger partial charge in [-0.15, -0.1) is 5.10 Å². The first-order chi connectivity index (χ1) is 13.2. The van der Waals surface area contributed by atoms with Gasteiger partial charge in [0.05, 0.1) is 5.69 Å². The topological polar surface area (TPSA) is 49.3 Å². The molecule has 1 aromatic carbocycles. The fourth-order valence-electron chi connectivity index (χ4n) is 3.64. The van der Waals surface area contributed by atoms with Crippen LogP contribution in [0.5, 0.6) is 0 Å². The Morgan fingerprint density at radius 1 is 1.00 bits per heavy atom. The van der Waals surface area contributed by atoms with Gasteiger partial charge >= 0.3 is 0 Å². The van der Waals surface area contributed by atoms with Crippen LogP contribution in [0.25, 0.3) is 6.08 Å². The number of nitrogens with zero attached hydrogens (tertiary/aromatic N) is 4.